The zero-order valence-corrected chi connectivity index (χ0v) is 14.4. The number of nitrogens with two attached hydrogens (primary N) is 1. The maximum atomic E-state index is 12.7. The van der Waals surface area contributed by atoms with Gasteiger partial charge in [-0.25, -0.2) is 0 Å². The molecule has 0 saturated carbocycles. The molecule has 1 aromatic carbocycles. The van der Waals surface area contributed by atoms with Crippen LogP contribution in [0.5, 0.6) is 5.75 Å². The van der Waals surface area contributed by atoms with Gasteiger partial charge in [0.2, 0.25) is 0 Å². The van der Waals surface area contributed by atoms with E-state index in [1.54, 1.807) is 0 Å². The number of hydrogen-bond acceptors (Lipinski definition) is 3. The van der Waals surface area contributed by atoms with Crippen LogP contribution in [0, 0.1) is 0 Å². The molecular formula is C16H23BrN2O2. The first-order chi connectivity index (χ1) is 9.86. The van der Waals surface area contributed by atoms with Gasteiger partial charge in [-0.3, -0.25) is 4.79 Å². The Morgan fingerprint density at radius 3 is 2.76 bits per heavy atom. The molecule has 21 heavy (non-hydrogen) atoms. The Hall–Kier alpha value is -1.07. The molecule has 1 heterocycles. The maximum Gasteiger partial charge on any atom is 0.254 e. The fourth-order valence-electron chi connectivity index (χ4n) is 2.70. The van der Waals surface area contributed by atoms with Crippen molar-refractivity contribution in [2.24, 2.45) is 5.73 Å². The average molecular weight is 355 g/mol. The lowest BCUT2D eigenvalue weighted by Gasteiger charge is -2.36. The van der Waals surface area contributed by atoms with E-state index in [-0.39, 0.29) is 24.1 Å². The zero-order chi connectivity index (χ0) is 15.6. The predicted molar refractivity (Wildman–Crippen MR) is 87.6 cm³/mol. The summed E-state index contributed by atoms with van der Waals surface area (Å²) in [7, 11) is 0. The van der Waals surface area contributed by atoms with Crippen LogP contribution < -0.4 is 10.5 Å². The number of carbonyl (C=O) groups excluding carboxylic acids is 1. The van der Waals surface area contributed by atoms with Crippen molar-refractivity contribution < 1.29 is 9.53 Å². The third-order valence-electron chi connectivity index (χ3n) is 3.67. The molecule has 2 rings (SSSR count). The molecule has 0 radical (unpaired) electrons. The number of ether oxygens (including phenoxy) is 1. The topological polar surface area (TPSA) is 55.6 Å². The Kier molecular flexibility index (Phi) is 5.27. The Balaban J connectivity index is 2.20. The summed E-state index contributed by atoms with van der Waals surface area (Å²) < 4.78 is 6.55. The summed E-state index contributed by atoms with van der Waals surface area (Å²) in [6, 6.07) is 5.92. The van der Waals surface area contributed by atoms with Crippen LogP contribution in [-0.2, 0) is 0 Å². The van der Waals surface area contributed by atoms with Crippen molar-refractivity contribution in [3.8, 4) is 5.75 Å². The molecule has 0 aliphatic carbocycles. The Labute approximate surface area is 134 Å². The van der Waals surface area contributed by atoms with Gasteiger partial charge in [0.05, 0.1) is 6.10 Å². The van der Waals surface area contributed by atoms with Crippen molar-refractivity contribution in [2.75, 3.05) is 6.54 Å². The molecule has 2 atom stereocenters. The van der Waals surface area contributed by atoms with Gasteiger partial charge in [-0.1, -0.05) is 15.9 Å². The number of likely N-dealkylation sites (tertiary alicyclic amines) is 1. The number of amides is 1. The van der Waals surface area contributed by atoms with E-state index in [9.17, 15) is 4.79 Å². The first-order valence-corrected chi connectivity index (χ1v) is 8.20. The van der Waals surface area contributed by atoms with Crippen molar-refractivity contribution in [2.45, 2.75) is 51.8 Å². The maximum absolute atomic E-state index is 12.7. The van der Waals surface area contributed by atoms with Crippen molar-refractivity contribution in [1.82, 2.24) is 4.90 Å². The van der Waals surface area contributed by atoms with E-state index in [1.165, 1.54) is 0 Å². The van der Waals surface area contributed by atoms with Crippen LogP contribution in [0.2, 0.25) is 0 Å². The van der Waals surface area contributed by atoms with Gasteiger partial charge in [-0.05, 0) is 51.8 Å². The molecule has 1 aliphatic rings. The lowest BCUT2D eigenvalue weighted by Crippen LogP contribution is -2.48. The SMILES string of the molecule is CC(C)Oc1cc(Br)cc(C(=O)N2CC[C@H](N)C[C@@H]2C)c1. The monoisotopic (exact) mass is 354 g/mol. The fourth-order valence-corrected chi connectivity index (χ4v) is 3.17. The second-order valence-electron chi connectivity index (χ2n) is 5.97. The van der Waals surface area contributed by atoms with Crippen LogP contribution >= 0.6 is 15.9 Å². The molecule has 1 fully saturated rings. The number of piperidine rings is 1. The summed E-state index contributed by atoms with van der Waals surface area (Å²) in [5, 5.41) is 0. The lowest BCUT2D eigenvalue weighted by molar-refractivity contribution is 0.0618. The third-order valence-corrected chi connectivity index (χ3v) is 4.13. The van der Waals surface area contributed by atoms with Crippen molar-refractivity contribution in [3.05, 3.63) is 28.2 Å². The van der Waals surface area contributed by atoms with Gasteiger partial charge in [-0.15, -0.1) is 0 Å². The standard InChI is InChI=1S/C16H23BrN2O2/c1-10(2)21-15-8-12(7-13(17)9-15)16(20)19-5-4-14(18)6-11(19)3/h7-11,14H,4-6,18H2,1-3H3/t11-,14-/m0/s1. The second-order valence-corrected chi connectivity index (χ2v) is 6.89. The van der Waals surface area contributed by atoms with Crippen LogP contribution in [0.3, 0.4) is 0 Å². The van der Waals surface area contributed by atoms with E-state index < -0.39 is 0 Å². The minimum atomic E-state index is 0.0457. The molecule has 5 heteroatoms. The van der Waals surface area contributed by atoms with Crippen LogP contribution in [0.15, 0.2) is 22.7 Å². The van der Waals surface area contributed by atoms with Crippen LogP contribution in [0.1, 0.15) is 44.0 Å². The van der Waals surface area contributed by atoms with E-state index in [0.717, 1.165) is 17.3 Å². The van der Waals surface area contributed by atoms with Gasteiger partial charge >= 0.3 is 0 Å². The molecule has 4 nitrogen and oxygen atoms in total. The quantitative estimate of drug-likeness (QED) is 0.906. The minimum Gasteiger partial charge on any atom is -0.491 e. The van der Waals surface area contributed by atoms with E-state index in [2.05, 4.69) is 22.9 Å². The smallest absolute Gasteiger partial charge is 0.254 e. The van der Waals surface area contributed by atoms with E-state index in [0.29, 0.717) is 17.9 Å². The average Bonchev–Trinajstić information content (AvgIpc) is 2.36. The molecule has 1 aliphatic heterocycles. The molecule has 0 aromatic heterocycles. The Morgan fingerprint density at radius 2 is 2.14 bits per heavy atom. The normalized spacial score (nSPS) is 22.5. The van der Waals surface area contributed by atoms with Crippen molar-refractivity contribution in [1.29, 1.82) is 0 Å². The predicted octanol–water partition coefficient (Wildman–Crippen LogP) is 3.19. The molecule has 2 N–H and O–H groups in total. The highest BCUT2D eigenvalue weighted by Crippen LogP contribution is 2.25. The number of halogens is 1. The van der Waals surface area contributed by atoms with E-state index in [4.69, 9.17) is 10.5 Å². The summed E-state index contributed by atoms with van der Waals surface area (Å²) in [6.07, 6.45) is 1.79. The third kappa shape index (κ3) is 4.20. The lowest BCUT2D eigenvalue weighted by atomic mass is 9.98. The number of benzene rings is 1. The minimum absolute atomic E-state index is 0.0457. The van der Waals surface area contributed by atoms with E-state index >= 15 is 0 Å². The first kappa shape index (κ1) is 16.3. The summed E-state index contributed by atoms with van der Waals surface area (Å²) >= 11 is 3.45. The molecule has 1 aromatic rings. The van der Waals surface area contributed by atoms with Crippen LogP contribution in [-0.4, -0.2) is 35.5 Å². The summed E-state index contributed by atoms with van der Waals surface area (Å²) in [4.78, 5) is 14.6. The molecular weight excluding hydrogens is 332 g/mol. The van der Waals surface area contributed by atoms with E-state index in [1.807, 2.05) is 36.9 Å². The first-order valence-electron chi connectivity index (χ1n) is 7.40. The molecule has 1 amide bonds. The second kappa shape index (κ2) is 6.79. The molecule has 1 saturated heterocycles. The Morgan fingerprint density at radius 1 is 1.43 bits per heavy atom. The summed E-state index contributed by atoms with van der Waals surface area (Å²) in [6.45, 7) is 6.71. The van der Waals surface area contributed by atoms with Crippen LogP contribution in [0.25, 0.3) is 0 Å². The highest BCUT2D eigenvalue weighted by molar-refractivity contribution is 9.10. The summed E-state index contributed by atoms with van der Waals surface area (Å²) in [5.74, 6) is 0.758. The van der Waals surface area contributed by atoms with Crippen LogP contribution in [0.4, 0.5) is 0 Å². The van der Waals surface area contributed by atoms with Crippen molar-refractivity contribution in [3.63, 3.8) is 0 Å². The number of carbonyl (C=O) groups is 1. The van der Waals surface area contributed by atoms with Gasteiger partial charge in [-0.2, -0.15) is 0 Å². The Bertz CT molecular complexity index is 519. The molecule has 116 valence electrons. The summed E-state index contributed by atoms with van der Waals surface area (Å²) in [5.41, 5.74) is 6.62. The van der Waals surface area contributed by atoms with Gasteiger partial charge in [0.25, 0.3) is 5.91 Å². The number of nitrogens with zero attached hydrogens (tertiary/aromatic N) is 1. The fraction of sp³-hybridized carbons (Fsp3) is 0.562. The molecule has 0 unspecified atom stereocenters. The van der Waals surface area contributed by atoms with Gasteiger partial charge in [0, 0.05) is 28.7 Å². The van der Waals surface area contributed by atoms with Gasteiger partial charge in [0.15, 0.2) is 0 Å². The zero-order valence-electron chi connectivity index (χ0n) is 12.8. The molecule has 0 spiro atoms. The molecule has 0 bridgehead atoms. The number of hydrogen-bond donors (Lipinski definition) is 1. The van der Waals surface area contributed by atoms with Gasteiger partial charge in [0.1, 0.15) is 5.75 Å². The highest BCUT2D eigenvalue weighted by atomic mass is 79.9. The largest absolute Gasteiger partial charge is 0.491 e. The van der Waals surface area contributed by atoms with Gasteiger partial charge < -0.3 is 15.4 Å². The number of rotatable bonds is 3. The van der Waals surface area contributed by atoms with Crippen molar-refractivity contribution >= 4 is 21.8 Å². The highest BCUT2D eigenvalue weighted by Gasteiger charge is 2.28.